The second-order valence-corrected chi connectivity index (χ2v) is 3.98. The molecular formula is C10H11BrN2. The maximum atomic E-state index is 4.35. The molecule has 3 heteroatoms. The Morgan fingerprint density at radius 2 is 2.38 bits per heavy atom. The standard InChI is InChI=1S/C10H11BrN2/c11-9-3-1-2-8(6-9)7-10-12-4-5-13-10/h1-3,6H,4-5,7H2,(H,12,13). The fourth-order valence-corrected chi connectivity index (χ4v) is 1.85. The molecule has 1 aromatic rings. The van der Waals surface area contributed by atoms with E-state index in [1.165, 1.54) is 5.56 Å². The molecule has 1 aromatic carbocycles. The van der Waals surface area contributed by atoms with Crippen molar-refractivity contribution in [2.24, 2.45) is 4.99 Å². The van der Waals surface area contributed by atoms with Gasteiger partial charge in [0.05, 0.1) is 6.54 Å². The Labute approximate surface area is 86.2 Å². The number of nitrogens with one attached hydrogen (secondary N) is 1. The predicted molar refractivity (Wildman–Crippen MR) is 58.2 cm³/mol. The minimum absolute atomic E-state index is 0.916. The van der Waals surface area contributed by atoms with E-state index in [2.05, 4.69) is 44.4 Å². The Kier molecular flexibility index (Phi) is 2.64. The number of hydrogen-bond donors (Lipinski definition) is 1. The highest BCUT2D eigenvalue weighted by atomic mass is 79.9. The summed E-state index contributed by atoms with van der Waals surface area (Å²) in [6, 6.07) is 8.33. The Balaban J connectivity index is 2.09. The molecule has 2 rings (SSSR count). The van der Waals surface area contributed by atoms with Crippen LogP contribution in [0.15, 0.2) is 33.7 Å². The van der Waals surface area contributed by atoms with Crippen LogP contribution in [0.3, 0.4) is 0 Å². The van der Waals surface area contributed by atoms with Gasteiger partial charge in [0, 0.05) is 17.4 Å². The van der Waals surface area contributed by atoms with Crippen molar-refractivity contribution in [1.29, 1.82) is 0 Å². The van der Waals surface area contributed by atoms with Crippen LogP contribution < -0.4 is 5.32 Å². The topological polar surface area (TPSA) is 24.4 Å². The van der Waals surface area contributed by atoms with Crippen LogP contribution in [0.25, 0.3) is 0 Å². The van der Waals surface area contributed by atoms with Crippen LogP contribution in [0.5, 0.6) is 0 Å². The molecule has 0 radical (unpaired) electrons. The molecule has 0 aliphatic carbocycles. The molecule has 1 aliphatic heterocycles. The van der Waals surface area contributed by atoms with Gasteiger partial charge < -0.3 is 5.32 Å². The fraction of sp³-hybridized carbons (Fsp3) is 0.300. The van der Waals surface area contributed by atoms with Gasteiger partial charge in [0.2, 0.25) is 0 Å². The Morgan fingerprint density at radius 1 is 1.46 bits per heavy atom. The summed E-state index contributed by atoms with van der Waals surface area (Å²) in [4.78, 5) is 4.35. The lowest BCUT2D eigenvalue weighted by Gasteiger charge is -2.02. The van der Waals surface area contributed by atoms with Crippen molar-refractivity contribution in [2.45, 2.75) is 6.42 Å². The van der Waals surface area contributed by atoms with E-state index in [9.17, 15) is 0 Å². The maximum Gasteiger partial charge on any atom is 0.101 e. The van der Waals surface area contributed by atoms with Crippen LogP contribution >= 0.6 is 15.9 Å². The molecule has 0 saturated carbocycles. The number of hydrogen-bond acceptors (Lipinski definition) is 2. The van der Waals surface area contributed by atoms with E-state index in [1.54, 1.807) is 0 Å². The van der Waals surface area contributed by atoms with E-state index >= 15 is 0 Å². The molecule has 0 spiro atoms. The van der Waals surface area contributed by atoms with E-state index in [0.717, 1.165) is 29.8 Å². The molecule has 1 N–H and O–H groups in total. The predicted octanol–water partition coefficient (Wildman–Crippen LogP) is 1.99. The SMILES string of the molecule is Brc1cccc(CC2=NCCN2)c1. The lowest BCUT2D eigenvalue weighted by atomic mass is 10.1. The first kappa shape index (κ1) is 8.75. The largest absolute Gasteiger partial charge is 0.372 e. The Morgan fingerprint density at radius 3 is 3.08 bits per heavy atom. The molecule has 0 amide bonds. The highest BCUT2D eigenvalue weighted by molar-refractivity contribution is 9.10. The lowest BCUT2D eigenvalue weighted by molar-refractivity contribution is 0.953. The van der Waals surface area contributed by atoms with Crippen molar-refractivity contribution < 1.29 is 0 Å². The molecule has 2 nitrogen and oxygen atoms in total. The molecule has 0 fully saturated rings. The monoisotopic (exact) mass is 238 g/mol. The summed E-state index contributed by atoms with van der Waals surface area (Å²) < 4.78 is 1.13. The zero-order chi connectivity index (χ0) is 9.10. The summed E-state index contributed by atoms with van der Waals surface area (Å²) in [5, 5.41) is 3.26. The first-order valence-electron chi connectivity index (χ1n) is 4.36. The molecule has 1 heterocycles. The number of amidine groups is 1. The highest BCUT2D eigenvalue weighted by Gasteiger charge is 2.05. The minimum Gasteiger partial charge on any atom is -0.372 e. The van der Waals surface area contributed by atoms with Gasteiger partial charge in [-0.2, -0.15) is 0 Å². The Hall–Kier alpha value is -0.830. The van der Waals surface area contributed by atoms with Crippen LogP contribution in [0.1, 0.15) is 5.56 Å². The van der Waals surface area contributed by atoms with Gasteiger partial charge in [-0.1, -0.05) is 28.1 Å². The second kappa shape index (κ2) is 3.92. The average Bonchev–Trinajstić information content (AvgIpc) is 2.57. The van der Waals surface area contributed by atoms with E-state index in [-0.39, 0.29) is 0 Å². The number of nitrogens with zero attached hydrogens (tertiary/aromatic N) is 1. The van der Waals surface area contributed by atoms with E-state index in [4.69, 9.17) is 0 Å². The highest BCUT2D eigenvalue weighted by Crippen LogP contribution is 2.12. The minimum atomic E-state index is 0.916. The molecule has 0 atom stereocenters. The van der Waals surface area contributed by atoms with E-state index in [1.807, 2.05) is 6.07 Å². The maximum absolute atomic E-state index is 4.35. The molecule has 0 saturated heterocycles. The molecular weight excluding hydrogens is 228 g/mol. The lowest BCUT2D eigenvalue weighted by Crippen LogP contribution is -2.20. The van der Waals surface area contributed by atoms with Crippen molar-refractivity contribution in [2.75, 3.05) is 13.1 Å². The first-order valence-corrected chi connectivity index (χ1v) is 5.15. The molecule has 68 valence electrons. The van der Waals surface area contributed by atoms with Gasteiger partial charge in [-0.15, -0.1) is 0 Å². The third-order valence-electron chi connectivity index (χ3n) is 2.00. The zero-order valence-corrected chi connectivity index (χ0v) is 8.84. The van der Waals surface area contributed by atoms with Gasteiger partial charge in [0.25, 0.3) is 0 Å². The normalized spacial score (nSPS) is 15.3. The van der Waals surface area contributed by atoms with E-state index in [0.29, 0.717) is 0 Å². The van der Waals surface area contributed by atoms with E-state index < -0.39 is 0 Å². The van der Waals surface area contributed by atoms with Crippen LogP contribution in [0.2, 0.25) is 0 Å². The van der Waals surface area contributed by atoms with Crippen molar-refractivity contribution in [3.63, 3.8) is 0 Å². The van der Waals surface area contributed by atoms with Crippen molar-refractivity contribution in [1.82, 2.24) is 5.32 Å². The number of halogens is 1. The van der Waals surface area contributed by atoms with Crippen LogP contribution in [-0.4, -0.2) is 18.9 Å². The fourth-order valence-electron chi connectivity index (χ4n) is 1.41. The third-order valence-corrected chi connectivity index (χ3v) is 2.50. The summed E-state index contributed by atoms with van der Waals surface area (Å²) in [5.41, 5.74) is 1.29. The number of rotatable bonds is 2. The van der Waals surface area contributed by atoms with Crippen molar-refractivity contribution in [3.8, 4) is 0 Å². The van der Waals surface area contributed by atoms with Gasteiger partial charge in [0.1, 0.15) is 5.84 Å². The van der Waals surface area contributed by atoms with Crippen molar-refractivity contribution in [3.05, 3.63) is 34.3 Å². The quantitative estimate of drug-likeness (QED) is 0.838. The Bertz CT molecular complexity index is 333. The number of aliphatic imine (C=N–C) groups is 1. The average molecular weight is 239 g/mol. The molecule has 0 bridgehead atoms. The third kappa shape index (κ3) is 2.31. The van der Waals surface area contributed by atoms with Gasteiger partial charge in [-0.25, -0.2) is 0 Å². The van der Waals surface area contributed by atoms with Gasteiger partial charge >= 0.3 is 0 Å². The molecule has 0 unspecified atom stereocenters. The number of benzene rings is 1. The smallest absolute Gasteiger partial charge is 0.101 e. The molecule has 13 heavy (non-hydrogen) atoms. The molecule has 1 aliphatic rings. The zero-order valence-electron chi connectivity index (χ0n) is 7.26. The van der Waals surface area contributed by atoms with Crippen LogP contribution in [0, 0.1) is 0 Å². The summed E-state index contributed by atoms with van der Waals surface area (Å²) in [7, 11) is 0. The van der Waals surface area contributed by atoms with Gasteiger partial charge in [-0.05, 0) is 17.7 Å². The summed E-state index contributed by atoms with van der Waals surface area (Å²) in [6.07, 6.45) is 0.916. The summed E-state index contributed by atoms with van der Waals surface area (Å²) in [5.74, 6) is 1.11. The van der Waals surface area contributed by atoms with Crippen molar-refractivity contribution >= 4 is 21.8 Å². The summed E-state index contributed by atoms with van der Waals surface area (Å²) in [6.45, 7) is 1.91. The van der Waals surface area contributed by atoms with Crippen LogP contribution in [-0.2, 0) is 6.42 Å². The van der Waals surface area contributed by atoms with Gasteiger partial charge in [0.15, 0.2) is 0 Å². The second-order valence-electron chi connectivity index (χ2n) is 3.06. The van der Waals surface area contributed by atoms with Crippen LogP contribution in [0.4, 0.5) is 0 Å². The molecule has 0 aromatic heterocycles. The summed E-state index contributed by atoms with van der Waals surface area (Å²) >= 11 is 3.45. The first-order chi connectivity index (χ1) is 6.34. The van der Waals surface area contributed by atoms with Gasteiger partial charge in [-0.3, -0.25) is 4.99 Å².